The molecule has 0 saturated carbocycles. The highest BCUT2D eigenvalue weighted by atomic mass is 35.5. The molecule has 1 aliphatic heterocycles. The molecule has 0 aliphatic carbocycles. The first-order chi connectivity index (χ1) is 18.3. The Balaban J connectivity index is 1.33. The summed E-state index contributed by atoms with van der Waals surface area (Å²) in [4.78, 5) is 20.1. The number of hydrogen-bond acceptors (Lipinski definition) is 6. The van der Waals surface area contributed by atoms with Crippen molar-refractivity contribution in [2.45, 2.75) is 24.8 Å². The molecule has 5 aromatic rings. The first-order valence-corrected chi connectivity index (χ1v) is 14.6. The van der Waals surface area contributed by atoms with Gasteiger partial charge in [-0.1, -0.05) is 41.1 Å². The number of furan rings is 1. The second-order valence-corrected chi connectivity index (χ2v) is 12.3. The van der Waals surface area contributed by atoms with Gasteiger partial charge in [-0.15, -0.1) is 0 Å². The number of fused-ring (bicyclic) bond motifs is 2. The second kappa shape index (κ2) is 9.58. The summed E-state index contributed by atoms with van der Waals surface area (Å²) >= 11 is 7.61. The topological polar surface area (TPSA) is 83.7 Å². The van der Waals surface area contributed by atoms with E-state index in [0.29, 0.717) is 40.1 Å². The van der Waals surface area contributed by atoms with Crippen LogP contribution in [0.25, 0.3) is 10.2 Å². The average molecular weight is 564 g/mol. The van der Waals surface area contributed by atoms with Crippen molar-refractivity contribution in [1.29, 1.82) is 0 Å². The molecule has 10 heteroatoms. The van der Waals surface area contributed by atoms with Crippen LogP contribution in [0.1, 0.15) is 27.2 Å². The third-order valence-electron chi connectivity index (χ3n) is 6.54. The first-order valence-electron chi connectivity index (χ1n) is 11.9. The normalized spacial score (nSPS) is 13.2. The maximum absolute atomic E-state index is 13.7. The number of halogens is 1. The highest BCUT2D eigenvalue weighted by Crippen LogP contribution is 2.35. The van der Waals surface area contributed by atoms with E-state index in [1.807, 2.05) is 43.3 Å². The monoisotopic (exact) mass is 563 g/mol. The van der Waals surface area contributed by atoms with Crippen molar-refractivity contribution in [1.82, 2.24) is 4.98 Å². The number of benzene rings is 3. The summed E-state index contributed by atoms with van der Waals surface area (Å²) in [5.41, 5.74) is 3.73. The van der Waals surface area contributed by atoms with Crippen molar-refractivity contribution in [3.8, 4) is 0 Å². The van der Waals surface area contributed by atoms with Crippen LogP contribution >= 0.6 is 22.9 Å². The molecule has 3 aromatic carbocycles. The van der Waals surface area contributed by atoms with E-state index in [0.717, 1.165) is 21.3 Å². The number of amides is 1. The highest BCUT2D eigenvalue weighted by molar-refractivity contribution is 7.92. The zero-order valence-electron chi connectivity index (χ0n) is 20.3. The standard InChI is InChI=1S/C28H22ClN3O4S2/c1-18-15-21(29)16-25-26(18)30-28(37-25)31(17-22-6-4-14-36-22)27(33)20-8-10-23(11-9-20)38(34,35)32-13-12-19-5-2-3-7-24(19)32/h2-11,14-16H,12-13,17H2,1H3. The van der Waals surface area contributed by atoms with Gasteiger partial charge < -0.3 is 4.42 Å². The van der Waals surface area contributed by atoms with Crippen LogP contribution in [0.4, 0.5) is 10.8 Å². The number of hydrogen-bond donors (Lipinski definition) is 0. The summed E-state index contributed by atoms with van der Waals surface area (Å²) in [7, 11) is -3.76. The van der Waals surface area contributed by atoms with Gasteiger partial charge in [0.15, 0.2) is 5.13 Å². The zero-order valence-corrected chi connectivity index (χ0v) is 22.7. The van der Waals surface area contributed by atoms with Gasteiger partial charge in [0.1, 0.15) is 5.76 Å². The Kier molecular flexibility index (Phi) is 6.22. The fourth-order valence-electron chi connectivity index (χ4n) is 4.65. The molecule has 0 bridgehead atoms. The highest BCUT2D eigenvalue weighted by Gasteiger charge is 2.31. The van der Waals surface area contributed by atoms with Gasteiger partial charge >= 0.3 is 0 Å². The van der Waals surface area contributed by atoms with Crippen LogP contribution in [-0.2, 0) is 23.0 Å². The van der Waals surface area contributed by atoms with Crippen LogP contribution in [0.5, 0.6) is 0 Å². The van der Waals surface area contributed by atoms with Crippen molar-refractivity contribution in [2.75, 3.05) is 15.7 Å². The lowest BCUT2D eigenvalue weighted by molar-refractivity contribution is 0.0983. The summed E-state index contributed by atoms with van der Waals surface area (Å²) in [6.07, 6.45) is 2.22. The molecule has 0 unspecified atom stereocenters. The van der Waals surface area contributed by atoms with Crippen LogP contribution in [0.3, 0.4) is 0 Å². The third kappa shape index (κ3) is 4.36. The Bertz CT molecular complexity index is 1760. The summed E-state index contributed by atoms with van der Waals surface area (Å²) in [6, 6.07) is 20.8. The van der Waals surface area contributed by atoms with E-state index >= 15 is 0 Å². The van der Waals surface area contributed by atoms with E-state index in [2.05, 4.69) is 0 Å². The molecule has 0 fully saturated rings. The summed E-state index contributed by atoms with van der Waals surface area (Å²) < 4.78 is 34.6. The van der Waals surface area contributed by atoms with E-state index < -0.39 is 10.0 Å². The largest absolute Gasteiger partial charge is 0.467 e. The van der Waals surface area contributed by atoms with Crippen molar-refractivity contribution in [3.63, 3.8) is 0 Å². The Morgan fingerprint density at radius 3 is 2.66 bits per heavy atom. The van der Waals surface area contributed by atoms with Gasteiger partial charge in [-0.3, -0.25) is 14.0 Å². The zero-order chi connectivity index (χ0) is 26.4. The Labute approximate surface area is 229 Å². The number of carbonyl (C=O) groups is 1. The molecule has 0 radical (unpaired) electrons. The van der Waals surface area contributed by atoms with Crippen molar-refractivity contribution < 1.29 is 17.6 Å². The molecule has 3 heterocycles. The quantitative estimate of drug-likeness (QED) is 0.237. The molecular formula is C28H22ClN3O4S2. The van der Waals surface area contributed by atoms with Gasteiger partial charge in [-0.05, 0) is 79.1 Å². The molecule has 6 rings (SSSR count). The first kappa shape index (κ1) is 24.7. The van der Waals surface area contributed by atoms with Gasteiger partial charge in [0.2, 0.25) is 0 Å². The molecule has 1 amide bonds. The molecule has 2 aromatic heterocycles. The van der Waals surface area contributed by atoms with Crippen molar-refractivity contribution >= 4 is 59.9 Å². The van der Waals surface area contributed by atoms with Gasteiger partial charge in [0.25, 0.3) is 15.9 Å². The number of thiazole rings is 1. The molecule has 38 heavy (non-hydrogen) atoms. The summed E-state index contributed by atoms with van der Waals surface area (Å²) in [5.74, 6) is 0.277. The van der Waals surface area contributed by atoms with E-state index in [-0.39, 0.29) is 17.3 Å². The van der Waals surface area contributed by atoms with Gasteiger partial charge in [0.05, 0.1) is 33.6 Å². The van der Waals surface area contributed by atoms with Crippen LogP contribution in [0, 0.1) is 6.92 Å². The summed E-state index contributed by atoms with van der Waals surface area (Å²) in [6.45, 7) is 2.48. The molecule has 192 valence electrons. The molecular weight excluding hydrogens is 542 g/mol. The smallest absolute Gasteiger partial charge is 0.264 e. The fourth-order valence-corrected chi connectivity index (χ4v) is 7.57. The molecule has 1 aliphatic rings. The maximum atomic E-state index is 13.7. The van der Waals surface area contributed by atoms with E-state index in [1.165, 1.54) is 32.7 Å². The number of carbonyl (C=O) groups excluding carboxylic acids is 1. The third-order valence-corrected chi connectivity index (χ3v) is 9.61. The van der Waals surface area contributed by atoms with Crippen LogP contribution in [0.15, 0.2) is 88.4 Å². The molecule has 7 nitrogen and oxygen atoms in total. The molecule has 0 spiro atoms. The minimum Gasteiger partial charge on any atom is -0.467 e. The lowest BCUT2D eigenvalue weighted by Crippen LogP contribution is -2.31. The van der Waals surface area contributed by atoms with E-state index in [1.54, 1.807) is 30.5 Å². The number of rotatable bonds is 6. The SMILES string of the molecule is Cc1cc(Cl)cc2sc(N(Cc3ccco3)C(=O)c3ccc(S(=O)(=O)N4CCc5ccccc54)cc3)nc12. The number of anilines is 2. The molecule has 0 N–H and O–H groups in total. The Hall–Kier alpha value is -3.66. The number of para-hydroxylation sites is 1. The van der Waals surface area contributed by atoms with Gasteiger partial charge in [0, 0.05) is 17.1 Å². The van der Waals surface area contributed by atoms with E-state index in [9.17, 15) is 13.2 Å². The fraction of sp³-hybridized carbons (Fsp3) is 0.143. The Morgan fingerprint density at radius 2 is 1.89 bits per heavy atom. The molecule has 0 atom stereocenters. The van der Waals surface area contributed by atoms with E-state index in [4.69, 9.17) is 21.0 Å². The predicted molar refractivity (Wildman–Crippen MR) is 150 cm³/mol. The lowest BCUT2D eigenvalue weighted by atomic mass is 10.2. The van der Waals surface area contributed by atoms with Crippen molar-refractivity contribution in [2.24, 2.45) is 0 Å². The minimum absolute atomic E-state index is 0.133. The lowest BCUT2D eigenvalue weighted by Gasteiger charge is -2.21. The minimum atomic E-state index is -3.76. The predicted octanol–water partition coefficient (Wildman–Crippen LogP) is 6.45. The van der Waals surface area contributed by atoms with Crippen LogP contribution < -0.4 is 9.21 Å². The molecule has 0 saturated heterocycles. The summed E-state index contributed by atoms with van der Waals surface area (Å²) in [5, 5.41) is 1.10. The van der Waals surface area contributed by atoms with Crippen molar-refractivity contribution in [3.05, 3.63) is 107 Å². The van der Waals surface area contributed by atoms with Gasteiger partial charge in [-0.2, -0.15) is 0 Å². The average Bonchev–Trinajstić information content (AvgIpc) is 3.66. The maximum Gasteiger partial charge on any atom is 0.264 e. The van der Waals surface area contributed by atoms with Crippen LogP contribution in [-0.4, -0.2) is 25.9 Å². The number of aryl methyl sites for hydroxylation is 1. The number of aromatic nitrogens is 1. The van der Waals surface area contributed by atoms with Gasteiger partial charge in [-0.25, -0.2) is 13.4 Å². The number of nitrogens with zero attached hydrogens (tertiary/aromatic N) is 3. The number of sulfonamides is 1. The Morgan fingerprint density at radius 1 is 1.11 bits per heavy atom. The second-order valence-electron chi connectivity index (χ2n) is 9.02. The van der Waals surface area contributed by atoms with Crippen LogP contribution in [0.2, 0.25) is 5.02 Å².